The number of hydrogen-bond donors (Lipinski definition) is 3. The number of primary amides is 1. The maximum absolute atomic E-state index is 12.7. The third-order valence-electron chi connectivity index (χ3n) is 3.42. The summed E-state index contributed by atoms with van der Waals surface area (Å²) in [7, 11) is 0. The first-order valence-corrected chi connectivity index (χ1v) is 6.34. The van der Waals surface area contributed by atoms with Crippen molar-refractivity contribution in [2.45, 2.75) is 46.6 Å². The number of nitrogens with two attached hydrogens (primary N) is 2. The maximum Gasteiger partial charge on any atom is 0.237 e. The Bertz CT molecular complexity index is 362. The fourth-order valence-corrected chi connectivity index (χ4v) is 2.05. The van der Waals surface area contributed by atoms with Gasteiger partial charge in [-0.15, -0.1) is 0 Å². The van der Waals surface area contributed by atoms with Crippen LogP contribution in [0.3, 0.4) is 0 Å². The lowest BCUT2D eigenvalue weighted by molar-refractivity contribution is -0.143. The summed E-state index contributed by atoms with van der Waals surface area (Å²) < 4.78 is 0. The summed E-state index contributed by atoms with van der Waals surface area (Å²) in [6.45, 7) is 6.94. The topological polar surface area (TPSA) is 122 Å². The van der Waals surface area contributed by atoms with Crippen LogP contribution in [0.1, 0.15) is 40.5 Å². The lowest BCUT2D eigenvalue weighted by Crippen LogP contribution is -2.54. The number of hydrogen-bond acceptors (Lipinski definition) is 4. The molecule has 0 aliphatic heterocycles. The van der Waals surface area contributed by atoms with Gasteiger partial charge in [-0.2, -0.15) is 0 Å². The summed E-state index contributed by atoms with van der Waals surface area (Å²) in [5, 5.41) is 11.9. The minimum atomic E-state index is -1.10. The summed E-state index contributed by atoms with van der Waals surface area (Å²) in [5.41, 5.74) is 9.74. The minimum Gasteiger partial charge on any atom is -0.409 e. The molecular weight excluding hydrogens is 248 g/mol. The zero-order valence-corrected chi connectivity index (χ0v) is 12.0. The standard InChI is InChI=1S/C12H24N4O3/c1-5-12(6-2,10(14)15-19)11(18)16(8(3)4)7-9(13)17/h8,19H,5-7H2,1-4H3,(H2,13,17)(H2,14,15). The number of rotatable bonds is 7. The van der Waals surface area contributed by atoms with Crippen LogP contribution in [0.25, 0.3) is 0 Å². The van der Waals surface area contributed by atoms with Gasteiger partial charge >= 0.3 is 0 Å². The van der Waals surface area contributed by atoms with E-state index in [1.807, 2.05) is 0 Å². The van der Waals surface area contributed by atoms with E-state index < -0.39 is 11.3 Å². The Hall–Kier alpha value is -1.79. The van der Waals surface area contributed by atoms with Gasteiger partial charge in [0.15, 0.2) is 5.84 Å². The van der Waals surface area contributed by atoms with E-state index in [-0.39, 0.29) is 24.3 Å². The molecule has 0 aliphatic carbocycles. The second kappa shape index (κ2) is 6.96. The first-order valence-electron chi connectivity index (χ1n) is 6.34. The number of amidine groups is 1. The maximum atomic E-state index is 12.7. The third kappa shape index (κ3) is 3.59. The molecule has 2 amide bonds. The normalized spacial score (nSPS) is 12.6. The fraction of sp³-hybridized carbons (Fsp3) is 0.750. The minimum absolute atomic E-state index is 0.141. The molecule has 0 aliphatic rings. The van der Waals surface area contributed by atoms with Gasteiger partial charge in [0.05, 0.1) is 6.54 Å². The van der Waals surface area contributed by atoms with Crippen LogP contribution in [0.4, 0.5) is 0 Å². The van der Waals surface area contributed by atoms with Gasteiger partial charge in [-0.25, -0.2) is 0 Å². The monoisotopic (exact) mass is 272 g/mol. The molecule has 0 unspecified atom stereocenters. The molecule has 0 aromatic heterocycles. The Balaban J connectivity index is 5.55. The second-order valence-corrected chi connectivity index (χ2v) is 4.77. The van der Waals surface area contributed by atoms with Gasteiger partial charge in [0, 0.05) is 6.04 Å². The van der Waals surface area contributed by atoms with E-state index in [0.29, 0.717) is 12.8 Å². The van der Waals surface area contributed by atoms with Gasteiger partial charge in [-0.05, 0) is 26.7 Å². The molecule has 0 heterocycles. The molecule has 0 saturated heterocycles. The highest BCUT2D eigenvalue weighted by atomic mass is 16.4. The van der Waals surface area contributed by atoms with Crippen LogP contribution in [0, 0.1) is 5.41 Å². The van der Waals surface area contributed by atoms with E-state index in [1.54, 1.807) is 27.7 Å². The van der Waals surface area contributed by atoms with Crippen molar-refractivity contribution in [1.29, 1.82) is 0 Å². The molecule has 0 rings (SSSR count). The first kappa shape index (κ1) is 17.2. The zero-order chi connectivity index (χ0) is 15.2. The predicted molar refractivity (Wildman–Crippen MR) is 72.5 cm³/mol. The molecule has 0 radical (unpaired) electrons. The summed E-state index contributed by atoms with van der Waals surface area (Å²) in [6.07, 6.45) is 0.750. The highest BCUT2D eigenvalue weighted by Crippen LogP contribution is 2.30. The van der Waals surface area contributed by atoms with Crippen molar-refractivity contribution >= 4 is 17.6 Å². The summed E-state index contributed by atoms with van der Waals surface area (Å²) in [5.74, 6) is -1.08. The number of carbonyl (C=O) groups is 2. The Morgan fingerprint density at radius 3 is 2.00 bits per heavy atom. The highest BCUT2D eigenvalue weighted by Gasteiger charge is 2.43. The Morgan fingerprint density at radius 2 is 1.74 bits per heavy atom. The molecule has 0 atom stereocenters. The Labute approximate surface area is 113 Å². The van der Waals surface area contributed by atoms with Gasteiger partial charge in [0.25, 0.3) is 0 Å². The van der Waals surface area contributed by atoms with Gasteiger partial charge in [0.1, 0.15) is 5.41 Å². The largest absolute Gasteiger partial charge is 0.409 e. The molecule has 0 aromatic rings. The van der Waals surface area contributed by atoms with Crippen molar-refractivity contribution in [1.82, 2.24) is 4.90 Å². The van der Waals surface area contributed by atoms with Gasteiger partial charge in [-0.3, -0.25) is 9.59 Å². The smallest absolute Gasteiger partial charge is 0.237 e. The zero-order valence-electron chi connectivity index (χ0n) is 12.0. The van der Waals surface area contributed by atoms with Crippen molar-refractivity contribution in [2.24, 2.45) is 22.0 Å². The van der Waals surface area contributed by atoms with Crippen LogP contribution >= 0.6 is 0 Å². The van der Waals surface area contributed by atoms with Gasteiger partial charge in [0.2, 0.25) is 11.8 Å². The molecular formula is C12H24N4O3. The first-order chi connectivity index (χ1) is 8.76. The molecule has 0 spiro atoms. The predicted octanol–water partition coefficient (Wildman–Crippen LogP) is 0.262. The van der Waals surface area contributed by atoms with E-state index in [4.69, 9.17) is 16.7 Å². The summed E-state index contributed by atoms with van der Waals surface area (Å²) in [6, 6.07) is -0.205. The molecule has 0 saturated carbocycles. The molecule has 0 aromatic carbocycles. The molecule has 110 valence electrons. The SMILES string of the molecule is CCC(CC)(C(=O)N(CC(N)=O)C(C)C)C(N)=NO. The van der Waals surface area contributed by atoms with E-state index in [0.717, 1.165) is 0 Å². The molecule has 5 N–H and O–H groups in total. The second-order valence-electron chi connectivity index (χ2n) is 4.77. The van der Waals surface area contributed by atoms with Crippen LogP contribution in [0.15, 0.2) is 5.16 Å². The fourth-order valence-electron chi connectivity index (χ4n) is 2.05. The third-order valence-corrected chi connectivity index (χ3v) is 3.42. The lowest BCUT2D eigenvalue weighted by Gasteiger charge is -2.36. The van der Waals surface area contributed by atoms with Crippen LogP contribution in [0.2, 0.25) is 0 Å². The van der Waals surface area contributed by atoms with Crippen molar-refractivity contribution in [3.8, 4) is 0 Å². The van der Waals surface area contributed by atoms with Crippen LogP contribution in [-0.4, -0.2) is 40.3 Å². The van der Waals surface area contributed by atoms with E-state index in [1.165, 1.54) is 4.90 Å². The molecule has 7 heteroatoms. The van der Waals surface area contributed by atoms with Crippen LogP contribution < -0.4 is 11.5 Å². The summed E-state index contributed by atoms with van der Waals surface area (Å²) >= 11 is 0. The lowest BCUT2D eigenvalue weighted by atomic mass is 9.79. The quantitative estimate of drug-likeness (QED) is 0.266. The van der Waals surface area contributed by atoms with E-state index in [2.05, 4.69) is 5.16 Å². The van der Waals surface area contributed by atoms with Gasteiger partial charge < -0.3 is 21.6 Å². The average Bonchev–Trinajstić information content (AvgIpc) is 2.36. The summed E-state index contributed by atoms with van der Waals surface area (Å²) in [4.78, 5) is 25.1. The number of amides is 2. The average molecular weight is 272 g/mol. The molecule has 19 heavy (non-hydrogen) atoms. The highest BCUT2D eigenvalue weighted by molar-refractivity contribution is 6.07. The van der Waals surface area contributed by atoms with Gasteiger partial charge in [-0.1, -0.05) is 19.0 Å². The number of oxime groups is 1. The van der Waals surface area contributed by atoms with E-state index >= 15 is 0 Å². The Kier molecular flexibility index (Phi) is 6.31. The van der Waals surface area contributed by atoms with E-state index in [9.17, 15) is 9.59 Å². The number of carbonyl (C=O) groups excluding carboxylic acids is 2. The van der Waals surface area contributed by atoms with Crippen molar-refractivity contribution in [3.63, 3.8) is 0 Å². The molecule has 0 bridgehead atoms. The van der Waals surface area contributed by atoms with Crippen molar-refractivity contribution < 1.29 is 14.8 Å². The van der Waals surface area contributed by atoms with Crippen LogP contribution in [-0.2, 0) is 9.59 Å². The Morgan fingerprint density at radius 1 is 1.26 bits per heavy atom. The van der Waals surface area contributed by atoms with Crippen molar-refractivity contribution in [3.05, 3.63) is 0 Å². The number of nitrogens with zero attached hydrogens (tertiary/aromatic N) is 2. The molecule has 7 nitrogen and oxygen atoms in total. The molecule has 0 fully saturated rings. The van der Waals surface area contributed by atoms with Crippen LogP contribution in [0.5, 0.6) is 0 Å². The van der Waals surface area contributed by atoms with Crippen molar-refractivity contribution in [2.75, 3.05) is 6.54 Å².